The zero-order valence-corrected chi connectivity index (χ0v) is 14.4. The van der Waals surface area contributed by atoms with Crippen molar-refractivity contribution in [2.24, 2.45) is 0 Å². The first-order chi connectivity index (χ1) is 11.5. The molecule has 0 fully saturated rings. The summed E-state index contributed by atoms with van der Waals surface area (Å²) in [5.74, 6) is -0.387. The van der Waals surface area contributed by atoms with Gasteiger partial charge in [-0.2, -0.15) is 0 Å². The summed E-state index contributed by atoms with van der Waals surface area (Å²) in [7, 11) is 1.37. The lowest BCUT2D eigenvalue weighted by molar-refractivity contribution is -0.134. The van der Waals surface area contributed by atoms with Gasteiger partial charge in [0.1, 0.15) is 0 Å². The normalized spacial score (nSPS) is 10.5. The fourth-order valence-corrected chi connectivity index (χ4v) is 2.42. The number of benzene rings is 2. The largest absolute Gasteiger partial charge is 0.466 e. The molecule has 0 aliphatic heterocycles. The lowest BCUT2D eigenvalue weighted by Gasteiger charge is -2.13. The summed E-state index contributed by atoms with van der Waals surface area (Å²) in [6, 6.07) is 16.6. The van der Waals surface area contributed by atoms with E-state index < -0.39 is 0 Å². The number of hydrogen-bond acceptors (Lipinski definition) is 2. The highest BCUT2D eigenvalue weighted by molar-refractivity contribution is 5.88. The maximum Gasteiger partial charge on any atom is 0.330 e. The molecule has 0 N–H and O–H groups in total. The van der Waals surface area contributed by atoms with Crippen molar-refractivity contribution in [3.63, 3.8) is 0 Å². The monoisotopic (exact) mass is 318 g/mol. The number of methoxy groups -OCH3 is 1. The Bertz CT molecular complexity index is 728. The van der Waals surface area contributed by atoms with Gasteiger partial charge in [-0.15, -0.1) is 0 Å². The van der Waals surface area contributed by atoms with E-state index in [1.54, 1.807) is 12.2 Å². The van der Waals surface area contributed by atoms with E-state index in [9.17, 15) is 4.79 Å². The van der Waals surface area contributed by atoms with E-state index in [2.05, 4.69) is 73.7 Å². The summed E-state index contributed by atoms with van der Waals surface area (Å²) in [5.41, 5.74) is 6.46. The van der Waals surface area contributed by atoms with Gasteiger partial charge in [0.25, 0.3) is 0 Å². The fraction of sp³-hybridized carbons (Fsp3) is 0.136. The van der Waals surface area contributed by atoms with Crippen LogP contribution in [0.15, 0.2) is 78.9 Å². The highest BCUT2D eigenvalue weighted by atomic mass is 16.5. The van der Waals surface area contributed by atoms with Gasteiger partial charge in [-0.25, -0.2) is 4.79 Å². The molecule has 0 spiro atoms. The lowest BCUT2D eigenvalue weighted by Crippen LogP contribution is -1.96. The molecule has 2 aromatic carbocycles. The number of carbonyl (C=O) groups is 1. The third kappa shape index (κ3) is 4.32. The number of esters is 1. The summed E-state index contributed by atoms with van der Waals surface area (Å²) in [6.45, 7) is 8.03. The number of aryl methyl sites for hydroxylation is 2. The van der Waals surface area contributed by atoms with E-state index in [0.717, 1.165) is 22.3 Å². The molecule has 0 saturated heterocycles. The Labute approximate surface area is 143 Å². The Morgan fingerprint density at radius 3 is 1.71 bits per heavy atom. The van der Waals surface area contributed by atoms with Gasteiger partial charge in [0.15, 0.2) is 0 Å². The van der Waals surface area contributed by atoms with Crippen LogP contribution in [0.25, 0.3) is 5.57 Å². The standard InChI is InChI=1S/C22H22O2/c1-5-18(14-15-21(23)24-4)22(19-10-6-16(2)7-11-19)20-12-8-17(3)9-13-20/h5-15H,1H2,2-4H3/b15-14+. The molecule has 0 aromatic heterocycles. The molecule has 2 rings (SSSR count). The summed E-state index contributed by atoms with van der Waals surface area (Å²) < 4.78 is 4.69. The lowest BCUT2D eigenvalue weighted by atomic mass is 9.91. The van der Waals surface area contributed by atoms with Crippen molar-refractivity contribution >= 4 is 11.5 Å². The highest BCUT2D eigenvalue weighted by Crippen LogP contribution is 2.29. The Hall–Kier alpha value is -2.87. The maximum atomic E-state index is 11.5. The Balaban J connectivity index is 2.63. The van der Waals surface area contributed by atoms with Crippen LogP contribution in [-0.2, 0) is 9.53 Å². The number of ether oxygens (including phenoxy) is 1. The highest BCUT2D eigenvalue weighted by Gasteiger charge is 2.09. The van der Waals surface area contributed by atoms with Crippen LogP contribution >= 0.6 is 0 Å². The van der Waals surface area contributed by atoms with E-state index in [4.69, 9.17) is 0 Å². The minimum absolute atomic E-state index is 0.387. The molecule has 24 heavy (non-hydrogen) atoms. The first kappa shape index (κ1) is 17.5. The van der Waals surface area contributed by atoms with Gasteiger partial charge in [0, 0.05) is 6.08 Å². The predicted molar refractivity (Wildman–Crippen MR) is 99.7 cm³/mol. The number of rotatable bonds is 5. The van der Waals surface area contributed by atoms with Gasteiger partial charge in [0.05, 0.1) is 7.11 Å². The average molecular weight is 318 g/mol. The van der Waals surface area contributed by atoms with E-state index in [-0.39, 0.29) is 5.97 Å². The average Bonchev–Trinajstić information content (AvgIpc) is 2.60. The molecule has 0 unspecified atom stereocenters. The van der Waals surface area contributed by atoms with Crippen molar-refractivity contribution in [3.05, 3.63) is 101 Å². The molecule has 0 aliphatic rings. The van der Waals surface area contributed by atoms with Crippen molar-refractivity contribution in [2.45, 2.75) is 13.8 Å². The van der Waals surface area contributed by atoms with Crippen LogP contribution in [0.1, 0.15) is 22.3 Å². The van der Waals surface area contributed by atoms with Gasteiger partial charge in [-0.05, 0) is 42.2 Å². The van der Waals surface area contributed by atoms with Crippen LogP contribution in [0, 0.1) is 13.8 Å². The molecule has 0 amide bonds. The summed E-state index contributed by atoms with van der Waals surface area (Å²) in [4.78, 5) is 11.5. The quantitative estimate of drug-likeness (QED) is 0.439. The second-order valence-corrected chi connectivity index (χ2v) is 5.62. The molecule has 2 heteroatoms. The molecule has 0 bridgehead atoms. The zero-order chi connectivity index (χ0) is 17.5. The summed E-state index contributed by atoms with van der Waals surface area (Å²) in [6.07, 6.45) is 4.92. The van der Waals surface area contributed by atoms with Crippen LogP contribution in [0.4, 0.5) is 0 Å². The molecule has 0 radical (unpaired) electrons. The third-order valence-corrected chi connectivity index (χ3v) is 3.79. The smallest absolute Gasteiger partial charge is 0.330 e. The molecular formula is C22H22O2. The molecule has 0 atom stereocenters. The molecular weight excluding hydrogens is 296 g/mol. The van der Waals surface area contributed by atoms with Gasteiger partial charge in [0.2, 0.25) is 0 Å². The van der Waals surface area contributed by atoms with Gasteiger partial charge >= 0.3 is 5.97 Å². The number of allylic oxidation sites excluding steroid dienone is 3. The van der Waals surface area contributed by atoms with Crippen molar-refractivity contribution < 1.29 is 9.53 Å². The second kappa shape index (κ2) is 8.11. The van der Waals surface area contributed by atoms with Crippen LogP contribution < -0.4 is 0 Å². The molecule has 2 aromatic rings. The van der Waals surface area contributed by atoms with E-state index in [1.165, 1.54) is 24.3 Å². The fourth-order valence-electron chi connectivity index (χ4n) is 2.42. The van der Waals surface area contributed by atoms with Gasteiger partial charge in [-0.1, -0.05) is 72.3 Å². The van der Waals surface area contributed by atoms with Gasteiger partial charge in [-0.3, -0.25) is 0 Å². The van der Waals surface area contributed by atoms with Crippen LogP contribution in [0.5, 0.6) is 0 Å². The maximum absolute atomic E-state index is 11.5. The summed E-state index contributed by atoms with van der Waals surface area (Å²) in [5, 5.41) is 0. The van der Waals surface area contributed by atoms with Crippen molar-refractivity contribution in [2.75, 3.05) is 7.11 Å². The zero-order valence-electron chi connectivity index (χ0n) is 14.4. The molecule has 122 valence electrons. The van der Waals surface area contributed by atoms with Crippen LogP contribution in [0.3, 0.4) is 0 Å². The molecule has 0 saturated carbocycles. The third-order valence-electron chi connectivity index (χ3n) is 3.79. The Morgan fingerprint density at radius 2 is 1.33 bits per heavy atom. The van der Waals surface area contributed by atoms with Gasteiger partial charge < -0.3 is 4.74 Å². The second-order valence-electron chi connectivity index (χ2n) is 5.62. The van der Waals surface area contributed by atoms with Crippen molar-refractivity contribution in [3.8, 4) is 0 Å². The van der Waals surface area contributed by atoms with Crippen molar-refractivity contribution in [1.29, 1.82) is 0 Å². The number of carbonyl (C=O) groups excluding carboxylic acids is 1. The Morgan fingerprint density at radius 1 is 0.875 bits per heavy atom. The SMILES string of the molecule is C=CC(/C=C/C(=O)OC)=C(c1ccc(C)cc1)c1ccc(C)cc1. The van der Waals surface area contributed by atoms with E-state index in [0.29, 0.717) is 0 Å². The minimum Gasteiger partial charge on any atom is -0.466 e. The number of hydrogen-bond donors (Lipinski definition) is 0. The molecule has 0 aliphatic carbocycles. The topological polar surface area (TPSA) is 26.3 Å². The van der Waals surface area contributed by atoms with Crippen LogP contribution in [0.2, 0.25) is 0 Å². The molecule has 2 nitrogen and oxygen atoms in total. The van der Waals surface area contributed by atoms with E-state index >= 15 is 0 Å². The first-order valence-electron chi connectivity index (χ1n) is 7.82. The Kier molecular flexibility index (Phi) is 5.91. The van der Waals surface area contributed by atoms with E-state index in [1.807, 2.05) is 0 Å². The predicted octanol–water partition coefficient (Wildman–Crippen LogP) is 5.02. The summed E-state index contributed by atoms with van der Waals surface area (Å²) >= 11 is 0. The van der Waals surface area contributed by atoms with Crippen molar-refractivity contribution in [1.82, 2.24) is 0 Å². The first-order valence-corrected chi connectivity index (χ1v) is 7.82. The minimum atomic E-state index is -0.387. The van der Waals surface area contributed by atoms with Crippen LogP contribution in [-0.4, -0.2) is 13.1 Å². The molecule has 0 heterocycles.